The van der Waals surface area contributed by atoms with Gasteiger partial charge < -0.3 is 14.0 Å². The maximum Gasteiger partial charge on any atom is 0.418 e. The van der Waals surface area contributed by atoms with Gasteiger partial charge in [0.15, 0.2) is 5.91 Å². The van der Waals surface area contributed by atoms with Crippen LogP contribution in [-0.2, 0) is 14.0 Å². The van der Waals surface area contributed by atoms with Gasteiger partial charge in [0, 0.05) is 14.2 Å². The molecule has 0 heterocycles. The van der Waals surface area contributed by atoms with Gasteiger partial charge in [0.05, 0.1) is 5.71 Å². The Morgan fingerprint density at radius 3 is 2.42 bits per heavy atom. The summed E-state index contributed by atoms with van der Waals surface area (Å²) in [6.45, 7) is 3.94. The van der Waals surface area contributed by atoms with Crippen LogP contribution < -0.4 is 0 Å². The Labute approximate surface area is 75.8 Å². The second-order valence-corrected chi connectivity index (χ2v) is 3.08. The third-order valence-electron chi connectivity index (χ3n) is 1.29. The fourth-order valence-corrected chi connectivity index (χ4v) is 0.891. The number of nitrogens with zero attached hydrogens (tertiary/aromatic N) is 1. The summed E-state index contributed by atoms with van der Waals surface area (Å²) in [5.74, 6) is -0.307. The predicted molar refractivity (Wildman–Crippen MR) is 48.0 cm³/mol. The van der Waals surface area contributed by atoms with Gasteiger partial charge in [0.1, 0.15) is 0 Å². The van der Waals surface area contributed by atoms with Crippen LogP contribution in [0.5, 0.6) is 0 Å². The molecule has 0 aromatic heterocycles. The van der Waals surface area contributed by atoms with Crippen molar-refractivity contribution in [1.82, 2.24) is 0 Å². The summed E-state index contributed by atoms with van der Waals surface area (Å²) in [4.78, 5) is 0. The summed E-state index contributed by atoms with van der Waals surface area (Å²) in [6, 6.07) is 0. The average Bonchev–Trinajstić information content (AvgIpc) is 2.12. The second-order valence-electron chi connectivity index (χ2n) is 2.19. The average molecular weight is 189 g/mol. The third-order valence-corrected chi connectivity index (χ3v) is 2.15. The minimum absolute atomic E-state index is 0.0872. The molecule has 0 amide bonds. The predicted octanol–water partition coefficient (Wildman–Crippen LogP) is 0.984. The second kappa shape index (κ2) is 7.27. The van der Waals surface area contributed by atoms with E-state index in [-0.39, 0.29) is 15.7 Å². The fraction of sp³-hybridized carbons (Fsp3) is 0.857. The molecule has 0 saturated carbocycles. The Morgan fingerprint density at radius 1 is 1.42 bits per heavy atom. The van der Waals surface area contributed by atoms with E-state index in [9.17, 15) is 0 Å². The van der Waals surface area contributed by atoms with E-state index in [4.69, 9.17) is 14.0 Å². The molecule has 0 fully saturated rings. The molecule has 0 rings (SSSR count). The molecule has 0 aliphatic carbocycles. The van der Waals surface area contributed by atoms with E-state index in [1.807, 2.05) is 13.8 Å². The van der Waals surface area contributed by atoms with E-state index >= 15 is 0 Å². The van der Waals surface area contributed by atoms with Crippen molar-refractivity contribution in [3.8, 4) is 0 Å². The van der Waals surface area contributed by atoms with Crippen molar-refractivity contribution in [3.63, 3.8) is 0 Å². The van der Waals surface area contributed by atoms with E-state index in [0.717, 1.165) is 12.1 Å². The Balaban J connectivity index is 3.53. The third kappa shape index (κ3) is 5.28. The molecule has 0 N–H and O–H groups in total. The molecule has 0 atom stereocenters. The van der Waals surface area contributed by atoms with Crippen molar-refractivity contribution in [1.29, 1.82) is 0 Å². The van der Waals surface area contributed by atoms with E-state index in [1.165, 1.54) is 0 Å². The Morgan fingerprint density at radius 2 is 2.00 bits per heavy atom. The van der Waals surface area contributed by atoms with Gasteiger partial charge in [-0.1, -0.05) is 6.92 Å². The molecule has 0 unspecified atom stereocenters. The number of hydrogen-bond donors (Lipinski definition) is 0. The molecule has 0 spiro atoms. The zero-order chi connectivity index (χ0) is 9.40. The summed E-state index contributed by atoms with van der Waals surface area (Å²) < 4.78 is 14.8. The SMILES string of the molecule is CC/C(C)=N/O[Si]C(OC)OC. The normalized spacial score (nSPS) is 12.2. The van der Waals surface area contributed by atoms with Crippen LogP contribution in [0, 0.1) is 0 Å². The number of methoxy groups -OCH3 is 2. The van der Waals surface area contributed by atoms with Crippen LogP contribution >= 0.6 is 0 Å². The first-order chi connectivity index (χ1) is 5.74. The monoisotopic (exact) mass is 189 g/mol. The van der Waals surface area contributed by atoms with Gasteiger partial charge in [-0.25, -0.2) is 0 Å². The summed E-state index contributed by atoms with van der Waals surface area (Å²) in [5.41, 5.74) is 0.966. The van der Waals surface area contributed by atoms with E-state index < -0.39 is 0 Å². The molecule has 2 radical (unpaired) electrons. The van der Waals surface area contributed by atoms with Crippen LogP contribution in [0.2, 0.25) is 0 Å². The first-order valence-electron chi connectivity index (χ1n) is 3.75. The van der Waals surface area contributed by atoms with Gasteiger partial charge in [-0.3, -0.25) is 0 Å². The Hall–Kier alpha value is -0.393. The molecule has 5 heteroatoms. The van der Waals surface area contributed by atoms with E-state index in [0.29, 0.717) is 0 Å². The van der Waals surface area contributed by atoms with Crippen molar-refractivity contribution in [2.75, 3.05) is 14.2 Å². The van der Waals surface area contributed by atoms with Crippen LogP contribution in [0.4, 0.5) is 0 Å². The molecular formula is C7H15NO3Si. The lowest BCUT2D eigenvalue weighted by molar-refractivity contribution is -0.0526. The molecule has 0 bridgehead atoms. The van der Waals surface area contributed by atoms with Crippen LogP contribution in [0.3, 0.4) is 0 Å². The highest BCUT2D eigenvalue weighted by molar-refractivity contribution is 6.28. The summed E-state index contributed by atoms with van der Waals surface area (Å²) in [6.07, 6.45) is 0.898. The molecule has 0 aliphatic rings. The lowest BCUT2D eigenvalue weighted by Crippen LogP contribution is -2.22. The van der Waals surface area contributed by atoms with Gasteiger partial charge in [-0.15, -0.1) is 5.16 Å². The summed E-state index contributed by atoms with van der Waals surface area (Å²) in [5, 5.41) is 3.85. The maximum atomic E-state index is 5.00. The zero-order valence-electron chi connectivity index (χ0n) is 7.96. The number of hydrogen-bond acceptors (Lipinski definition) is 4. The number of rotatable bonds is 6. The van der Waals surface area contributed by atoms with Gasteiger partial charge in [-0.2, -0.15) is 0 Å². The van der Waals surface area contributed by atoms with Gasteiger partial charge in [-0.05, 0) is 13.3 Å². The molecule has 0 aromatic rings. The lowest BCUT2D eigenvalue weighted by atomic mass is 10.3. The molecule has 12 heavy (non-hydrogen) atoms. The molecule has 4 nitrogen and oxygen atoms in total. The first-order valence-corrected chi connectivity index (χ1v) is 4.73. The van der Waals surface area contributed by atoms with Crippen molar-refractivity contribution >= 4 is 15.5 Å². The smallest absolute Gasteiger partial charge is 0.418 e. The maximum absolute atomic E-state index is 5.00. The molecule has 0 aliphatic heterocycles. The Bertz CT molecular complexity index is 137. The van der Waals surface area contributed by atoms with Crippen LogP contribution in [0.15, 0.2) is 5.16 Å². The topological polar surface area (TPSA) is 40.0 Å². The van der Waals surface area contributed by atoms with Gasteiger partial charge >= 0.3 is 9.76 Å². The summed E-state index contributed by atoms with van der Waals surface area (Å²) >= 11 is 0. The molecular weight excluding hydrogens is 174 g/mol. The largest absolute Gasteiger partial charge is 0.448 e. The van der Waals surface area contributed by atoms with Crippen LogP contribution in [-0.4, -0.2) is 35.6 Å². The van der Waals surface area contributed by atoms with E-state index in [1.54, 1.807) is 14.2 Å². The standard InChI is InChI=1S/C7H15NO3Si/c1-5-6(2)8-11-12-7(9-3)10-4/h7H,5H2,1-4H3/b8-6+. The number of oxime groups is 1. The fourth-order valence-electron chi connectivity index (χ4n) is 0.404. The number of ether oxygens (including phenoxy) is 2. The van der Waals surface area contributed by atoms with Crippen molar-refractivity contribution in [2.45, 2.75) is 26.2 Å². The molecule has 0 aromatic carbocycles. The highest BCUT2D eigenvalue weighted by Gasteiger charge is 2.09. The zero-order valence-corrected chi connectivity index (χ0v) is 8.96. The highest BCUT2D eigenvalue weighted by Crippen LogP contribution is 1.91. The highest BCUT2D eigenvalue weighted by atomic mass is 28.2. The lowest BCUT2D eigenvalue weighted by Gasteiger charge is -2.08. The quantitative estimate of drug-likeness (QED) is 0.271. The molecule has 70 valence electrons. The first kappa shape index (κ1) is 11.6. The summed E-state index contributed by atoms with van der Waals surface area (Å²) in [7, 11) is 3.23. The van der Waals surface area contributed by atoms with Crippen LogP contribution in [0.25, 0.3) is 0 Å². The van der Waals surface area contributed by atoms with Crippen molar-refractivity contribution in [3.05, 3.63) is 0 Å². The van der Waals surface area contributed by atoms with Crippen LogP contribution in [0.1, 0.15) is 20.3 Å². The van der Waals surface area contributed by atoms with Crippen molar-refractivity contribution in [2.24, 2.45) is 5.16 Å². The van der Waals surface area contributed by atoms with E-state index in [2.05, 4.69) is 5.16 Å². The minimum atomic E-state index is -0.307. The van der Waals surface area contributed by atoms with Gasteiger partial charge in [0.2, 0.25) is 0 Å². The minimum Gasteiger partial charge on any atom is -0.448 e. The van der Waals surface area contributed by atoms with Crippen molar-refractivity contribution < 1.29 is 14.0 Å². The van der Waals surface area contributed by atoms with Gasteiger partial charge in [0.25, 0.3) is 0 Å². The molecule has 0 saturated heterocycles. The Kier molecular flexibility index (Phi) is 7.03.